The minimum Gasteiger partial charge on any atom is -0.307 e. The van der Waals surface area contributed by atoms with Gasteiger partial charge in [-0.15, -0.1) is 0 Å². The van der Waals surface area contributed by atoms with Crippen LogP contribution in [0.4, 0.5) is 10.1 Å². The average molecular weight is 283 g/mol. The Balaban J connectivity index is 2.01. The second-order valence-electron chi connectivity index (χ2n) is 4.64. The number of para-hydroxylation sites is 1. The molecule has 4 nitrogen and oxygen atoms in total. The van der Waals surface area contributed by atoms with Gasteiger partial charge in [-0.1, -0.05) is 18.2 Å². The van der Waals surface area contributed by atoms with E-state index in [1.54, 1.807) is 17.0 Å². The monoisotopic (exact) mass is 283 g/mol. The van der Waals surface area contributed by atoms with Crippen LogP contribution < -0.4 is 4.90 Å². The molecule has 3 rings (SSSR count). The zero-order valence-corrected chi connectivity index (χ0v) is 11.5. The number of anilines is 1. The molecule has 21 heavy (non-hydrogen) atoms. The van der Waals surface area contributed by atoms with E-state index < -0.39 is 0 Å². The number of halogens is 1. The quantitative estimate of drug-likeness (QED) is 0.801. The highest BCUT2D eigenvalue weighted by atomic mass is 19.1. The van der Waals surface area contributed by atoms with Crippen molar-refractivity contribution in [3.8, 4) is 0 Å². The minimum absolute atomic E-state index is 0.207. The number of aromatic amines is 1. The van der Waals surface area contributed by atoms with E-state index in [0.29, 0.717) is 17.9 Å². The van der Waals surface area contributed by atoms with E-state index in [4.69, 9.17) is 0 Å². The van der Waals surface area contributed by atoms with Gasteiger partial charge in [0, 0.05) is 17.6 Å². The second-order valence-corrected chi connectivity index (χ2v) is 4.64. The van der Waals surface area contributed by atoms with Crippen LogP contribution in [0, 0.1) is 5.82 Å². The summed E-state index contributed by atoms with van der Waals surface area (Å²) in [6.07, 6.45) is 0. The van der Waals surface area contributed by atoms with E-state index in [9.17, 15) is 9.18 Å². The van der Waals surface area contributed by atoms with Gasteiger partial charge in [0.25, 0.3) is 5.91 Å². The van der Waals surface area contributed by atoms with Crippen molar-refractivity contribution in [1.82, 2.24) is 10.2 Å². The number of carbonyl (C=O) groups is 1. The van der Waals surface area contributed by atoms with Crippen LogP contribution >= 0.6 is 0 Å². The number of nitrogens with zero attached hydrogens (tertiary/aromatic N) is 2. The molecule has 0 saturated heterocycles. The third-order valence-corrected chi connectivity index (χ3v) is 3.37. The second kappa shape index (κ2) is 5.36. The van der Waals surface area contributed by atoms with Crippen LogP contribution in [0.15, 0.2) is 48.5 Å². The first kappa shape index (κ1) is 13.3. The van der Waals surface area contributed by atoms with Gasteiger partial charge in [-0.2, -0.15) is 5.10 Å². The molecule has 1 heterocycles. The Morgan fingerprint density at radius 1 is 1.19 bits per heavy atom. The van der Waals surface area contributed by atoms with Crippen LogP contribution in [-0.4, -0.2) is 22.6 Å². The van der Waals surface area contributed by atoms with E-state index in [1.807, 2.05) is 31.2 Å². The van der Waals surface area contributed by atoms with Crippen molar-refractivity contribution >= 4 is 22.5 Å². The molecule has 0 spiro atoms. The lowest BCUT2D eigenvalue weighted by Gasteiger charge is -2.20. The number of amides is 1. The number of carbonyl (C=O) groups excluding carboxylic acids is 1. The van der Waals surface area contributed by atoms with Crippen LogP contribution in [0.1, 0.15) is 17.4 Å². The molecule has 0 fully saturated rings. The van der Waals surface area contributed by atoms with E-state index in [0.717, 1.165) is 10.9 Å². The van der Waals surface area contributed by atoms with E-state index in [1.165, 1.54) is 12.1 Å². The lowest BCUT2D eigenvalue weighted by atomic mass is 10.2. The summed E-state index contributed by atoms with van der Waals surface area (Å²) in [6, 6.07) is 13.3. The molecule has 0 radical (unpaired) electrons. The number of benzene rings is 2. The summed E-state index contributed by atoms with van der Waals surface area (Å²) in [5.74, 6) is -0.533. The highest BCUT2D eigenvalue weighted by molar-refractivity contribution is 6.12. The molecule has 1 aromatic heterocycles. The summed E-state index contributed by atoms with van der Waals surface area (Å²) < 4.78 is 13.0. The maximum atomic E-state index is 13.0. The molecule has 3 aromatic rings. The molecule has 106 valence electrons. The fraction of sp³-hybridized carbons (Fsp3) is 0.125. The van der Waals surface area contributed by atoms with Crippen molar-refractivity contribution in [1.29, 1.82) is 0 Å². The molecule has 1 amide bonds. The topological polar surface area (TPSA) is 49.0 Å². The van der Waals surface area contributed by atoms with Crippen LogP contribution in [-0.2, 0) is 0 Å². The molecule has 2 aromatic carbocycles. The first-order chi connectivity index (χ1) is 10.2. The van der Waals surface area contributed by atoms with Gasteiger partial charge in [0.1, 0.15) is 5.82 Å². The Bertz CT molecular complexity index is 780. The van der Waals surface area contributed by atoms with Crippen molar-refractivity contribution in [3.05, 3.63) is 60.0 Å². The van der Waals surface area contributed by atoms with Gasteiger partial charge < -0.3 is 4.90 Å². The Morgan fingerprint density at radius 2 is 1.90 bits per heavy atom. The highest BCUT2D eigenvalue weighted by Gasteiger charge is 2.21. The first-order valence-corrected chi connectivity index (χ1v) is 6.71. The first-order valence-electron chi connectivity index (χ1n) is 6.71. The van der Waals surface area contributed by atoms with Gasteiger partial charge >= 0.3 is 0 Å². The van der Waals surface area contributed by atoms with Crippen LogP contribution in [0.5, 0.6) is 0 Å². The molecule has 0 atom stereocenters. The highest BCUT2D eigenvalue weighted by Crippen LogP contribution is 2.21. The standard InChI is InChI=1S/C16H14FN3O/c1-2-20(12-9-7-11(17)8-10-12)16(21)15-13-5-3-4-6-14(13)18-19-15/h3-10H,2H2,1H3,(H,18,19). The lowest BCUT2D eigenvalue weighted by Crippen LogP contribution is -2.31. The number of hydrogen-bond acceptors (Lipinski definition) is 2. The molecule has 0 aliphatic heterocycles. The summed E-state index contributed by atoms with van der Waals surface area (Å²) in [7, 11) is 0. The smallest absolute Gasteiger partial charge is 0.279 e. The normalized spacial score (nSPS) is 10.8. The zero-order valence-electron chi connectivity index (χ0n) is 11.5. The molecule has 0 saturated carbocycles. The summed E-state index contributed by atoms with van der Waals surface area (Å²) in [5, 5.41) is 7.75. The predicted molar refractivity (Wildman–Crippen MR) is 79.8 cm³/mol. The molecule has 0 bridgehead atoms. The number of aromatic nitrogens is 2. The van der Waals surface area contributed by atoms with Gasteiger partial charge in [0.05, 0.1) is 5.52 Å². The fourth-order valence-corrected chi connectivity index (χ4v) is 2.32. The summed E-state index contributed by atoms with van der Waals surface area (Å²) >= 11 is 0. The van der Waals surface area contributed by atoms with Crippen LogP contribution in [0.25, 0.3) is 10.9 Å². The van der Waals surface area contributed by atoms with Crippen molar-refractivity contribution in [2.45, 2.75) is 6.92 Å². The van der Waals surface area contributed by atoms with E-state index >= 15 is 0 Å². The Kier molecular flexibility index (Phi) is 3.39. The maximum Gasteiger partial charge on any atom is 0.279 e. The SMILES string of the molecule is CCN(C(=O)c1n[nH]c2ccccc12)c1ccc(F)cc1. The third-order valence-electron chi connectivity index (χ3n) is 3.37. The van der Waals surface area contributed by atoms with Crippen molar-refractivity contribution in [2.75, 3.05) is 11.4 Å². The largest absolute Gasteiger partial charge is 0.307 e. The molecular formula is C16H14FN3O. The zero-order chi connectivity index (χ0) is 14.8. The van der Waals surface area contributed by atoms with Crippen LogP contribution in [0.3, 0.4) is 0 Å². The van der Waals surface area contributed by atoms with Gasteiger partial charge in [-0.05, 0) is 37.3 Å². The van der Waals surface area contributed by atoms with E-state index in [2.05, 4.69) is 10.2 Å². The van der Waals surface area contributed by atoms with Crippen molar-refractivity contribution in [2.24, 2.45) is 0 Å². The van der Waals surface area contributed by atoms with Crippen LogP contribution in [0.2, 0.25) is 0 Å². The Hall–Kier alpha value is -2.69. The minimum atomic E-state index is -0.326. The number of rotatable bonds is 3. The number of H-pyrrole nitrogens is 1. The Morgan fingerprint density at radius 3 is 2.62 bits per heavy atom. The maximum absolute atomic E-state index is 13.0. The summed E-state index contributed by atoms with van der Waals surface area (Å²) in [6.45, 7) is 2.35. The molecule has 0 unspecified atom stereocenters. The Labute approximate surface area is 121 Å². The fourth-order valence-electron chi connectivity index (χ4n) is 2.32. The average Bonchev–Trinajstić information content (AvgIpc) is 2.94. The van der Waals surface area contributed by atoms with Crippen molar-refractivity contribution < 1.29 is 9.18 Å². The summed E-state index contributed by atoms with van der Waals surface area (Å²) in [4.78, 5) is 14.3. The number of hydrogen-bond donors (Lipinski definition) is 1. The lowest BCUT2D eigenvalue weighted by molar-refractivity contribution is 0.0985. The van der Waals surface area contributed by atoms with Gasteiger partial charge in [0.2, 0.25) is 0 Å². The number of fused-ring (bicyclic) bond motifs is 1. The number of nitrogens with one attached hydrogen (secondary N) is 1. The molecule has 0 aliphatic rings. The molecule has 1 N–H and O–H groups in total. The van der Waals surface area contributed by atoms with Gasteiger partial charge in [-0.25, -0.2) is 4.39 Å². The molecular weight excluding hydrogens is 269 g/mol. The predicted octanol–water partition coefficient (Wildman–Crippen LogP) is 3.37. The van der Waals surface area contributed by atoms with E-state index in [-0.39, 0.29) is 11.7 Å². The summed E-state index contributed by atoms with van der Waals surface area (Å²) in [5.41, 5.74) is 1.84. The molecule has 0 aliphatic carbocycles. The van der Waals surface area contributed by atoms with Gasteiger partial charge in [0.15, 0.2) is 5.69 Å². The van der Waals surface area contributed by atoms with Gasteiger partial charge in [-0.3, -0.25) is 9.89 Å². The molecule has 5 heteroatoms. The van der Waals surface area contributed by atoms with Crippen molar-refractivity contribution in [3.63, 3.8) is 0 Å². The third kappa shape index (κ3) is 2.38.